The standard InChI is InChI=1S/C22H36O2/c1-13-11-16-18-6-5-17(14(2)23)21(18,3)10-8-19(16)22(4)9-7-15(24)12-20(13)22/h13,15-20,24H,5-12H2,1-4H3/t13-,15+,16?,17+,18?,19?,20+,21+,22+/m0/s1. The van der Waals surface area contributed by atoms with Gasteiger partial charge in [0.2, 0.25) is 0 Å². The number of Topliss-reactive ketones (excluding diaryl/α,β-unsaturated/α-hetero) is 1. The highest BCUT2D eigenvalue weighted by atomic mass is 16.3. The topological polar surface area (TPSA) is 37.3 Å². The largest absolute Gasteiger partial charge is 0.393 e. The second kappa shape index (κ2) is 5.56. The third-order valence-electron chi connectivity index (χ3n) is 9.50. The number of aliphatic hydroxyl groups is 1. The zero-order valence-electron chi connectivity index (χ0n) is 16.1. The first-order valence-electron chi connectivity index (χ1n) is 10.5. The number of hydrogen-bond acceptors (Lipinski definition) is 2. The van der Waals surface area contributed by atoms with Gasteiger partial charge in [0.15, 0.2) is 0 Å². The zero-order chi connectivity index (χ0) is 17.3. The lowest BCUT2D eigenvalue weighted by molar-refractivity contribution is -0.151. The molecule has 0 aromatic carbocycles. The van der Waals surface area contributed by atoms with Crippen LogP contribution >= 0.6 is 0 Å². The van der Waals surface area contributed by atoms with E-state index in [1.54, 1.807) is 0 Å². The molecule has 4 rings (SSSR count). The van der Waals surface area contributed by atoms with Crippen LogP contribution in [-0.2, 0) is 4.79 Å². The van der Waals surface area contributed by atoms with Crippen LogP contribution in [0.3, 0.4) is 0 Å². The third kappa shape index (κ3) is 2.20. The van der Waals surface area contributed by atoms with Crippen molar-refractivity contribution in [3.8, 4) is 0 Å². The van der Waals surface area contributed by atoms with Crippen molar-refractivity contribution in [1.82, 2.24) is 0 Å². The van der Waals surface area contributed by atoms with Gasteiger partial charge in [0, 0.05) is 5.92 Å². The van der Waals surface area contributed by atoms with E-state index < -0.39 is 0 Å². The van der Waals surface area contributed by atoms with Crippen molar-refractivity contribution in [2.24, 2.45) is 46.3 Å². The quantitative estimate of drug-likeness (QED) is 0.746. The van der Waals surface area contributed by atoms with Gasteiger partial charge in [0.1, 0.15) is 5.78 Å². The number of aliphatic hydroxyl groups excluding tert-OH is 1. The van der Waals surface area contributed by atoms with Crippen LogP contribution in [0.25, 0.3) is 0 Å². The van der Waals surface area contributed by atoms with E-state index in [4.69, 9.17) is 0 Å². The maximum Gasteiger partial charge on any atom is 0.133 e. The van der Waals surface area contributed by atoms with Gasteiger partial charge >= 0.3 is 0 Å². The molecular formula is C22H36O2. The molecule has 0 radical (unpaired) electrons. The van der Waals surface area contributed by atoms with Crippen LogP contribution in [0.2, 0.25) is 0 Å². The number of carbonyl (C=O) groups is 1. The van der Waals surface area contributed by atoms with E-state index in [9.17, 15) is 9.90 Å². The fourth-order valence-corrected chi connectivity index (χ4v) is 8.38. The Morgan fingerprint density at radius 1 is 0.917 bits per heavy atom. The summed E-state index contributed by atoms with van der Waals surface area (Å²) in [6.07, 6.45) is 9.49. The number of rotatable bonds is 1. The van der Waals surface area contributed by atoms with Gasteiger partial charge in [-0.15, -0.1) is 0 Å². The molecule has 0 spiro atoms. The molecule has 2 heteroatoms. The summed E-state index contributed by atoms with van der Waals surface area (Å²) < 4.78 is 0. The van der Waals surface area contributed by atoms with E-state index in [-0.39, 0.29) is 11.5 Å². The molecule has 0 aromatic rings. The number of carbonyl (C=O) groups excluding carboxylic acids is 1. The lowest BCUT2D eigenvalue weighted by atomic mass is 9.43. The first-order chi connectivity index (χ1) is 11.3. The smallest absolute Gasteiger partial charge is 0.133 e. The molecule has 0 saturated heterocycles. The Bertz CT molecular complexity index is 528. The van der Waals surface area contributed by atoms with Crippen molar-refractivity contribution in [2.45, 2.75) is 85.2 Å². The highest BCUT2D eigenvalue weighted by Crippen LogP contribution is 2.68. The average molecular weight is 333 g/mol. The number of hydrogen-bond donors (Lipinski definition) is 1. The molecule has 24 heavy (non-hydrogen) atoms. The molecule has 4 aliphatic rings. The molecule has 0 aliphatic heterocycles. The summed E-state index contributed by atoms with van der Waals surface area (Å²) in [5, 5.41) is 10.2. The maximum absolute atomic E-state index is 12.2. The minimum absolute atomic E-state index is 0.0653. The molecule has 1 N–H and O–H groups in total. The first-order valence-corrected chi connectivity index (χ1v) is 10.5. The highest BCUT2D eigenvalue weighted by Gasteiger charge is 2.61. The normalized spacial score (nSPS) is 57.0. The maximum atomic E-state index is 12.2. The second-order valence-electron chi connectivity index (χ2n) is 10.4. The van der Waals surface area contributed by atoms with Crippen LogP contribution < -0.4 is 0 Å². The van der Waals surface area contributed by atoms with Crippen LogP contribution in [0, 0.1) is 46.3 Å². The molecule has 3 unspecified atom stereocenters. The van der Waals surface area contributed by atoms with Crippen molar-refractivity contribution in [1.29, 1.82) is 0 Å². The predicted molar refractivity (Wildman–Crippen MR) is 96.5 cm³/mol. The fourth-order valence-electron chi connectivity index (χ4n) is 8.38. The van der Waals surface area contributed by atoms with Crippen LogP contribution in [0.4, 0.5) is 0 Å². The van der Waals surface area contributed by atoms with E-state index in [1.165, 1.54) is 32.1 Å². The summed E-state index contributed by atoms with van der Waals surface area (Å²) in [6, 6.07) is 0. The summed E-state index contributed by atoms with van der Waals surface area (Å²) in [5.74, 6) is 4.60. The van der Waals surface area contributed by atoms with Crippen LogP contribution in [0.15, 0.2) is 0 Å². The minimum Gasteiger partial charge on any atom is -0.393 e. The van der Waals surface area contributed by atoms with Crippen LogP contribution in [0.1, 0.15) is 79.1 Å². The average Bonchev–Trinajstić information content (AvgIpc) is 2.87. The summed E-state index contributed by atoms with van der Waals surface area (Å²) in [5.41, 5.74) is 0.696. The molecule has 9 atom stereocenters. The SMILES string of the molecule is CC(=O)[C@H]1CCC2C3C[C@H](C)[C@H]4C[C@H](O)CC[C@]4(C)C3CC[C@@]21C. The van der Waals surface area contributed by atoms with Crippen molar-refractivity contribution in [3.05, 3.63) is 0 Å². The summed E-state index contributed by atoms with van der Waals surface area (Å²) in [4.78, 5) is 12.2. The van der Waals surface area contributed by atoms with E-state index in [1.807, 2.05) is 6.92 Å². The van der Waals surface area contributed by atoms with Gasteiger partial charge in [0.05, 0.1) is 6.10 Å². The molecule has 2 nitrogen and oxygen atoms in total. The van der Waals surface area contributed by atoms with Gasteiger partial charge < -0.3 is 5.11 Å². The molecular weight excluding hydrogens is 296 g/mol. The Kier molecular flexibility index (Phi) is 3.95. The Morgan fingerprint density at radius 3 is 2.29 bits per heavy atom. The number of fused-ring (bicyclic) bond motifs is 5. The van der Waals surface area contributed by atoms with Crippen molar-refractivity contribution in [2.75, 3.05) is 0 Å². The Hall–Kier alpha value is -0.370. The molecule has 0 aromatic heterocycles. The Balaban J connectivity index is 1.65. The second-order valence-corrected chi connectivity index (χ2v) is 10.4. The molecule has 4 aliphatic carbocycles. The van der Waals surface area contributed by atoms with Gasteiger partial charge in [-0.1, -0.05) is 20.8 Å². The van der Waals surface area contributed by atoms with E-state index in [2.05, 4.69) is 20.8 Å². The minimum atomic E-state index is -0.0653. The summed E-state index contributed by atoms with van der Waals surface area (Å²) >= 11 is 0. The monoisotopic (exact) mass is 332 g/mol. The lowest BCUT2D eigenvalue weighted by Gasteiger charge is -2.62. The molecule has 0 heterocycles. The van der Waals surface area contributed by atoms with E-state index in [0.29, 0.717) is 23.0 Å². The summed E-state index contributed by atoms with van der Waals surface area (Å²) in [7, 11) is 0. The number of ketones is 1. The van der Waals surface area contributed by atoms with Gasteiger partial charge in [-0.3, -0.25) is 4.79 Å². The first kappa shape index (κ1) is 17.1. The fraction of sp³-hybridized carbons (Fsp3) is 0.955. The van der Waals surface area contributed by atoms with Crippen molar-refractivity contribution < 1.29 is 9.90 Å². The van der Waals surface area contributed by atoms with Crippen molar-refractivity contribution in [3.63, 3.8) is 0 Å². The molecule has 0 bridgehead atoms. The Morgan fingerprint density at radius 2 is 1.58 bits per heavy atom. The lowest BCUT2D eigenvalue weighted by Crippen LogP contribution is -2.56. The van der Waals surface area contributed by atoms with E-state index in [0.717, 1.165) is 42.9 Å². The highest BCUT2D eigenvalue weighted by molar-refractivity contribution is 5.79. The van der Waals surface area contributed by atoms with Gasteiger partial charge in [-0.25, -0.2) is 0 Å². The molecule has 0 amide bonds. The van der Waals surface area contributed by atoms with Gasteiger partial charge in [0.25, 0.3) is 0 Å². The molecule has 136 valence electrons. The van der Waals surface area contributed by atoms with E-state index >= 15 is 0 Å². The summed E-state index contributed by atoms with van der Waals surface area (Å²) in [6.45, 7) is 9.27. The molecule has 4 fully saturated rings. The van der Waals surface area contributed by atoms with Crippen LogP contribution in [0.5, 0.6) is 0 Å². The van der Waals surface area contributed by atoms with Gasteiger partial charge in [-0.05, 0) is 98.7 Å². The zero-order valence-corrected chi connectivity index (χ0v) is 16.1. The van der Waals surface area contributed by atoms with Gasteiger partial charge in [-0.2, -0.15) is 0 Å². The van der Waals surface area contributed by atoms with Crippen LogP contribution in [-0.4, -0.2) is 17.0 Å². The molecule has 4 saturated carbocycles. The predicted octanol–water partition coefficient (Wildman–Crippen LogP) is 4.84. The Labute approximate surface area is 147 Å². The van der Waals surface area contributed by atoms with Crippen molar-refractivity contribution >= 4 is 5.78 Å². The third-order valence-corrected chi connectivity index (χ3v) is 9.50.